The number of aromatic nitrogens is 2. The van der Waals surface area contributed by atoms with Crippen LogP contribution in [-0.4, -0.2) is 15.1 Å². The first-order valence-electron chi connectivity index (χ1n) is 5.39. The Hall–Kier alpha value is -1.94. The molecule has 0 unspecified atom stereocenters. The molecule has 0 amide bonds. The molecule has 0 aliphatic rings. The molecule has 88 valence electrons. The molecule has 4 heteroatoms. The number of hydrogen-bond donors (Lipinski definition) is 1. The Morgan fingerprint density at radius 1 is 1.24 bits per heavy atom. The van der Waals surface area contributed by atoms with Gasteiger partial charge in [0.1, 0.15) is 5.75 Å². The fourth-order valence-electron chi connectivity index (χ4n) is 1.38. The summed E-state index contributed by atoms with van der Waals surface area (Å²) in [5.41, 5.74) is 1.71. The molecule has 0 fully saturated rings. The van der Waals surface area contributed by atoms with Gasteiger partial charge in [0.05, 0.1) is 12.3 Å². The zero-order valence-electron chi connectivity index (χ0n) is 9.79. The summed E-state index contributed by atoms with van der Waals surface area (Å²) in [5.74, 6) is 1.08. The number of rotatable bonds is 3. The van der Waals surface area contributed by atoms with Crippen molar-refractivity contribution in [2.24, 2.45) is 0 Å². The largest absolute Gasteiger partial charge is 0.437 e. The van der Waals surface area contributed by atoms with Gasteiger partial charge in [0, 0.05) is 18.0 Å². The molecular formula is C13H14N2O2. The van der Waals surface area contributed by atoms with Crippen molar-refractivity contribution in [3.8, 4) is 11.6 Å². The van der Waals surface area contributed by atoms with E-state index in [1.807, 2.05) is 19.1 Å². The van der Waals surface area contributed by atoms with Crippen molar-refractivity contribution in [3.63, 3.8) is 0 Å². The first-order chi connectivity index (χ1) is 8.15. The van der Waals surface area contributed by atoms with Crippen molar-refractivity contribution in [2.75, 3.05) is 0 Å². The van der Waals surface area contributed by atoms with Crippen molar-refractivity contribution < 1.29 is 9.84 Å². The summed E-state index contributed by atoms with van der Waals surface area (Å²) in [6.07, 6.45) is 2.72. The summed E-state index contributed by atoms with van der Waals surface area (Å²) in [6.45, 7) is 3.61. The van der Waals surface area contributed by atoms with E-state index in [-0.39, 0.29) is 0 Å². The van der Waals surface area contributed by atoms with E-state index >= 15 is 0 Å². The topological polar surface area (TPSA) is 55.2 Å². The molecule has 4 nitrogen and oxygen atoms in total. The van der Waals surface area contributed by atoms with Gasteiger partial charge in [-0.25, -0.2) is 4.98 Å². The van der Waals surface area contributed by atoms with Gasteiger partial charge in [-0.05, 0) is 37.6 Å². The highest BCUT2D eigenvalue weighted by atomic mass is 16.5. The second-order valence-corrected chi connectivity index (χ2v) is 3.84. The van der Waals surface area contributed by atoms with E-state index < -0.39 is 6.10 Å². The van der Waals surface area contributed by atoms with Gasteiger partial charge in [-0.3, -0.25) is 4.98 Å². The molecule has 2 aromatic heterocycles. The van der Waals surface area contributed by atoms with Crippen LogP contribution in [-0.2, 0) is 0 Å². The van der Waals surface area contributed by atoms with Gasteiger partial charge in [0.25, 0.3) is 0 Å². The molecule has 1 atom stereocenters. The van der Waals surface area contributed by atoms with Crippen LogP contribution < -0.4 is 4.74 Å². The molecule has 17 heavy (non-hydrogen) atoms. The summed E-state index contributed by atoms with van der Waals surface area (Å²) in [6, 6.07) is 7.17. The third-order valence-corrected chi connectivity index (χ3v) is 2.35. The first-order valence-corrected chi connectivity index (χ1v) is 5.39. The summed E-state index contributed by atoms with van der Waals surface area (Å²) < 4.78 is 5.54. The van der Waals surface area contributed by atoms with Gasteiger partial charge in [-0.2, -0.15) is 0 Å². The zero-order valence-corrected chi connectivity index (χ0v) is 9.79. The molecule has 2 aromatic rings. The van der Waals surface area contributed by atoms with Crippen LogP contribution in [0.3, 0.4) is 0 Å². The highest BCUT2D eigenvalue weighted by Crippen LogP contribution is 2.21. The Kier molecular flexibility index (Phi) is 3.35. The maximum absolute atomic E-state index is 9.45. The van der Waals surface area contributed by atoms with Crippen LogP contribution in [0.25, 0.3) is 0 Å². The van der Waals surface area contributed by atoms with Crippen LogP contribution >= 0.6 is 0 Å². The third-order valence-electron chi connectivity index (χ3n) is 2.35. The highest BCUT2D eigenvalue weighted by molar-refractivity contribution is 5.28. The second-order valence-electron chi connectivity index (χ2n) is 3.84. The Morgan fingerprint density at radius 3 is 2.71 bits per heavy atom. The van der Waals surface area contributed by atoms with E-state index in [0.717, 1.165) is 11.3 Å². The van der Waals surface area contributed by atoms with E-state index in [1.165, 1.54) is 0 Å². The van der Waals surface area contributed by atoms with Gasteiger partial charge in [-0.15, -0.1) is 0 Å². The molecule has 0 saturated carbocycles. The number of ether oxygens (including phenoxy) is 1. The second kappa shape index (κ2) is 4.93. The molecular weight excluding hydrogens is 216 g/mol. The van der Waals surface area contributed by atoms with Crippen LogP contribution in [0, 0.1) is 6.92 Å². The lowest BCUT2D eigenvalue weighted by Crippen LogP contribution is -1.94. The van der Waals surface area contributed by atoms with E-state index in [2.05, 4.69) is 9.97 Å². The maximum atomic E-state index is 9.45. The average molecular weight is 230 g/mol. The molecule has 1 N–H and O–H groups in total. The predicted molar refractivity (Wildman–Crippen MR) is 63.9 cm³/mol. The van der Waals surface area contributed by atoms with Gasteiger partial charge in [0.2, 0.25) is 5.88 Å². The fraction of sp³-hybridized carbons (Fsp3) is 0.231. The third kappa shape index (κ3) is 3.01. The number of nitrogens with zero attached hydrogens (tertiary/aromatic N) is 2. The minimum Gasteiger partial charge on any atom is -0.437 e. The molecule has 0 aliphatic heterocycles. The maximum Gasteiger partial charge on any atom is 0.219 e. The number of aliphatic hydroxyl groups is 1. The van der Waals surface area contributed by atoms with Crippen LogP contribution in [0.5, 0.6) is 11.6 Å². The molecule has 0 spiro atoms. The zero-order chi connectivity index (χ0) is 12.3. The normalized spacial score (nSPS) is 12.2. The van der Waals surface area contributed by atoms with E-state index in [0.29, 0.717) is 11.6 Å². The molecule has 0 aromatic carbocycles. The Labute approximate surface area is 99.9 Å². The minimum atomic E-state index is -0.531. The number of aliphatic hydroxyl groups excluding tert-OH is 1. The monoisotopic (exact) mass is 230 g/mol. The number of pyridine rings is 2. The number of hydrogen-bond acceptors (Lipinski definition) is 4. The standard InChI is InChI=1S/C13H14N2O2/c1-9-3-4-12(8-15-9)17-13-7-11(10(2)16)5-6-14-13/h3-8,10,16H,1-2H3/t10-/m1/s1. The van der Waals surface area contributed by atoms with Crippen molar-refractivity contribution in [1.82, 2.24) is 9.97 Å². The molecule has 0 radical (unpaired) electrons. The Morgan fingerprint density at radius 2 is 2.06 bits per heavy atom. The van der Waals surface area contributed by atoms with Crippen LogP contribution in [0.4, 0.5) is 0 Å². The first kappa shape index (κ1) is 11.5. The average Bonchev–Trinajstić information content (AvgIpc) is 2.32. The van der Waals surface area contributed by atoms with E-state index in [9.17, 15) is 5.11 Å². The molecule has 0 aliphatic carbocycles. The van der Waals surface area contributed by atoms with Crippen molar-refractivity contribution >= 4 is 0 Å². The van der Waals surface area contributed by atoms with Crippen LogP contribution in [0.2, 0.25) is 0 Å². The molecule has 2 heterocycles. The quantitative estimate of drug-likeness (QED) is 0.880. The highest BCUT2D eigenvalue weighted by Gasteiger charge is 2.04. The summed E-state index contributed by atoms with van der Waals surface area (Å²) in [7, 11) is 0. The molecule has 0 bridgehead atoms. The van der Waals surface area contributed by atoms with E-state index in [1.54, 1.807) is 31.5 Å². The van der Waals surface area contributed by atoms with Crippen LogP contribution in [0.1, 0.15) is 24.3 Å². The van der Waals surface area contributed by atoms with Crippen molar-refractivity contribution in [2.45, 2.75) is 20.0 Å². The molecule has 0 saturated heterocycles. The minimum absolute atomic E-state index is 0.453. The lowest BCUT2D eigenvalue weighted by atomic mass is 10.2. The number of aryl methyl sites for hydroxylation is 1. The molecule has 2 rings (SSSR count). The van der Waals surface area contributed by atoms with Gasteiger partial charge in [-0.1, -0.05) is 0 Å². The SMILES string of the molecule is Cc1ccc(Oc2cc([C@@H](C)O)ccn2)cn1. The van der Waals surface area contributed by atoms with Gasteiger partial charge in [0.15, 0.2) is 0 Å². The van der Waals surface area contributed by atoms with Crippen molar-refractivity contribution in [1.29, 1.82) is 0 Å². The lowest BCUT2D eigenvalue weighted by molar-refractivity contribution is 0.198. The van der Waals surface area contributed by atoms with Gasteiger partial charge >= 0.3 is 0 Å². The Bertz CT molecular complexity index is 495. The van der Waals surface area contributed by atoms with Gasteiger partial charge < -0.3 is 9.84 Å². The smallest absolute Gasteiger partial charge is 0.219 e. The van der Waals surface area contributed by atoms with Crippen LogP contribution in [0.15, 0.2) is 36.7 Å². The van der Waals surface area contributed by atoms with Crippen molar-refractivity contribution in [3.05, 3.63) is 47.9 Å². The Balaban J connectivity index is 2.18. The summed E-state index contributed by atoms with van der Waals surface area (Å²) in [4.78, 5) is 8.21. The van der Waals surface area contributed by atoms with E-state index in [4.69, 9.17) is 4.74 Å². The summed E-state index contributed by atoms with van der Waals surface area (Å²) >= 11 is 0. The predicted octanol–water partition coefficient (Wildman–Crippen LogP) is 2.63. The fourth-order valence-corrected chi connectivity index (χ4v) is 1.38. The lowest BCUT2D eigenvalue weighted by Gasteiger charge is -2.07. The summed E-state index contributed by atoms with van der Waals surface area (Å²) in [5, 5.41) is 9.45.